The molecule has 0 saturated carbocycles. The van der Waals surface area contributed by atoms with Gasteiger partial charge in [-0.15, -0.1) is 0 Å². The number of aromatic nitrogens is 2. The lowest BCUT2D eigenvalue weighted by molar-refractivity contribution is 0.0934. The largest absolute Gasteiger partial charge is 0.487 e. The number of nitrogens with one attached hydrogen (secondary N) is 1. The number of amides is 1. The van der Waals surface area contributed by atoms with Gasteiger partial charge in [0.15, 0.2) is 0 Å². The number of halogens is 2. The van der Waals surface area contributed by atoms with Gasteiger partial charge in [0.1, 0.15) is 17.7 Å². The van der Waals surface area contributed by atoms with Gasteiger partial charge >= 0.3 is 0 Å². The number of aryl methyl sites for hydroxylation is 2. The van der Waals surface area contributed by atoms with Crippen molar-refractivity contribution >= 4 is 17.5 Å². The van der Waals surface area contributed by atoms with Crippen LogP contribution < -0.4 is 10.1 Å². The smallest absolute Gasteiger partial charge is 0.252 e. The van der Waals surface area contributed by atoms with Gasteiger partial charge in [-0.05, 0) is 38.1 Å². The van der Waals surface area contributed by atoms with Crippen molar-refractivity contribution in [3.8, 4) is 17.0 Å². The first-order chi connectivity index (χ1) is 13.9. The molecule has 7 heteroatoms. The second-order valence-corrected chi connectivity index (χ2v) is 7.39. The van der Waals surface area contributed by atoms with Crippen LogP contribution in [-0.2, 0) is 6.42 Å². The predicted molar refractivity (Wildman–Crippen MR) is 109 cm³/mol. The third kappa shape index (κ3) is 3.80. The van der Waals surface area contributed by atoms with Crippen LogP contribution in [0.25, 0.3) is 11.3 Å². The van der Waals surface area contributed by atoms with E-state index in [2.05, 4.69) is 15.3 Å². The molecular formula is C22H19ClFN3O2. The second-order valence-electron chi connectivity index (χ2n) is 6.98. The lowest BCUT2D eigenvalue weighted by Gasteiger charge is -2.14. The molecule has 1 aliphatic heterocycles. The van der Waals surface area contributed by atoms with Crippen LogP contribution in [0.4, 0.5) is 4.39 Å². The van der Waals surface area contributed by atoms with E-state index in [0.717, 1.165) is 11.4 Å². The number of hydrogen-bond acceptors (Lipinski definition) is 4. The van der Waals surface area contributed by atoms with Gasteiger partial charge in [-0.25, -0.2) is 9.37 Å². The standard InChI is InChI=1S/C22H19ClFN3O2/c1-12-10-25-13(2)20(27-12)16-7-8-19(24)17-9-14(29-21(16)17)11-26-22(28)15-5-3-4-6-18(15)23/h3-8,10,14H,9,11H2,1-2H3,(H,26,28). The zero-order valence-corrected chi connectivity index (χ0v) is 16.8. The van der Waals surface area contributed by atoms with Crippen LogP contribution in [0.1, 0.15) is 27.3 Å². The van der Waals surface area contributed by atoms with Gasteiger partial charge in [-0.3, -0.25) is 9.78 Å². The Hall–Kier alpha value is -2.99. The van der Waals surface area contributed by atoms with Crippen molar-refractivity contribution in [3.05, 3.63) is 75.9 Å². The maximum atomic E-state index is 14.4. The Morgan fingerprint density at radius 1 is 1.28 bits per heavy atom. The molecule has 2 aromatic carbocycles. The lowest BCUT2D eigenvalue weighted by Crippen LogP contribution is -2.34. The molecule has 29 heavy (non-hydrogen) atoms. The molecule has 1 aromatic heterocycles. The van der Waals surface area contributed by atoms with Gasteiger partial charge in [-0.2, -0.15) is 0 Å². The van der Waals surface area contributed by atoms with E-state index in [1.165, 1.54) is 6.07 Å². The highest BCUT2D eigenvalue weighted by Gasteiger charge is 2.30. The zero-order valence-electron chi connectivity index (χ0n) is 16.0. The normalized spacial score (nSPS) is 15.0. The van der Waals surface area contributed by atoms with E-state index in [9.17, 15) is 9.18 Å². The summed E-state index contributed by atoms with van der Waals surface area (Å²) in [5.41, 5.74) is 3.76. The molecule has 1 N–H and O–H groups in total. The minimum absolute atomic E-state index is 0.232. The van der Waals surface area contributed by atoms with Crippen LogP contribution in [0, 0.1) is 19.7 Å². The molecular weight excluding hydrogens is 393 g/mol. The summed E-state index contributed by atoms with van der Waals surface area (Å²) in [4.78, 5) is 21.3. The summed E-state index contributed by atoms with van der Waals surface area (Å²) in [6.07, 6.45) is 1.66. The number of nitrogens with zero attached hydrogens (tertiary/aromatic N) is 2. The first-order valence-corrected chi connectivity index (χ1v) is 9.63. The monoisotopic (exact) mass is 411 g/mol. The number of rotatable bonds is 4. The Morgan fingerprint density at radius 3 is 2.86 bits per heavy atom. The summed E-state index contributed by atoms with van der Waals surface area (Å²) in [7, 11) is 0. The number of fused-ring (bicyclic) bond motifs is 1. The van der Waals surface area contributed by atoms with E-state index in [1.807, 2.05) is 13.8 Å². The Morgan fingerprint density at radius 2 is 2.07 bits per heavy atom. The van der Waals surface area contributed by atoms with Crippen molar-refractivity contribution in [2.24, 2.45) is 0 Å². The summed E-state index contributed by atoms with van der Waals surface area (Å²) in [5, 5.41) is 3.19. The van der Waals surface area contributed by atoms with E-state index in [1.54, 1.807) is 36.5 Å². The Bertz CT molecular complexity index is 1100. The van der Waals surface area contributed by atoms with Crippen molar-refractivity contribution in [1.29, 1.82) is 0 Å². The molecule has 0 spiro atoms. The maximum absolute atomic E-state index is 14.4. The van der Waals surface area contributed by atoms with Crippen LogP contribution in [0.2, 0.25) is 5.02 Å². The van der Waals surface area contributed by atoms with Gasteiger partial charge in [0.05, 0.1) is 34.2 Å². The van der Waals surface area contributed by atoms with Crippen LogP contribution >= 0.6 is 11.6 Å². The number of hydrogen-bond donors (Lipinski definition) is 1. The van der Waals surface area contributed by atoms with Gasteiger partial charge in [-0.1, -0.05) is 23.7 Å². The van der Waals surface area contributed by atoms with Gasteiger partial charge in [0, 0.05) is 23.7 Å². The molecule has 4 rings (SSSR count). The SMILES string of the molecule is Cc1cnc(C)c(-c2ccc(F)c3c2OC(CNC(=O)c2ccccc2Cl)C3)n1. The summed E-state index contributed by atoms with van der Waals surface area (Å²) in [6.45, 7) is 3.94. The fourth-order valence-corrected chi connectivity index (χ4v) is 3.63. The molecule has 0 aliphatic carbocycles. The molecule has 3 aromatic rings. The molecule has 0 saturated heterocycles. The Labute approximate surface area is 172 Å². The molecule has 0 fully saturated rings. The molecule has 1 amide bonds. The van der Waals surface area contributed by atoms with Crippen LogP contribution in [0.15, 0.2) is 42.6 Å². The molecule has 5 nitrogen and oxygen atoms in total. The molecule has 1 unspecified atom stereocenters. The van der Waals surface area contributed by atoms with E-state index in [4.69, 9.17) is 16.3 Å². The number of carbonyl (C=O) groups is 1. The topological polar surface area (TPSA) is 64.1 Å². The quantitative estimate of drug-likeness (QED) is 0.695. The fourth-order valence-electron chi connectivity index (χ4n) is 3.40. The first-order valence-electron chi connectivity index (χ1n) is 9.25. The highest BCUT2D eigenvalue weighted by atomic mass is 35.5. The third-order valence-corrected chi connectivity index (χ3v) is 5.19. The second kappa shape index (κ2) is 7.79. The van der Waals surface area contributed by atoms with Crippen molar-refractivity contribution in [2.75, 3.05) is 6.54 Å². The van der Waals surface area contributed by atoms with Crippen molar-refractivity contribution in [1.82, 2.24) is 15.3 Å². The summed E-state index contributed by atoms with van der Waals surface area (Å²) in [5.74, 6) is -0.164. The highest BCUT2D eigenvalue weighted by Crippen LogP contribution is 2.40. The molecule has 148 valence electrons. The summed E-state index contributed by atoms with van der Waals surface area (Å²) < 4.78 is 20.5. The summed E-state index contributed by atoms with van der Waals surface area (Å²) in [6, 6.07) is 9.90. The van der Waals surface area contributed by atoms with Crippen LogP contribution in [0.3, 0.4) is 0 Å². The van der Waals surface area contributed by atoms with E-state index >= 15 is 0 Å². The highest BCUT2D eigenvalue weighted by molar-refractivity contribution is 6.33. The van der Waals surface area contributed by atoms with Gasteiger partial charge in [0.25, 0.3) is 5.91 Å². The lowest BCUT2D eigenvalue weighted by atomic mass is 10.0. The average molecular weight is 412 g/mol. The zero-order chi connectivity index (χ0) is 20.5. The van der Waals surface area contributed by atoms with Crippen molar-refractivity contribution in [2.45, 2.75) is 26.4 Å². The van der Waals surface area contributed by atoms with Crippen molar-refractivity contribution in [3.63, 3.8) is 0 Å². The maximum Gasteiger partial charge on any atom is 0.252 e. The average Bonchev–Trinajstić information content (AvgIpc) is 3.14. The third-order valence-electron chi connectivity index (χ3n) is 4.86. The Balaban J connectivity index is 1.55. The minimum Gasteiger partial charge on any atom is -0.487 e. The van der Waals surface area contributed by atoms with Crippen molar-refractivity contribution < 1.29 is 13.9 Å². The minimum atomic E-state index is -0.384. The van der Waals surface area contributed by atoms with E-state index in [-0.39, 0.29) is 24.4 Å². The number of benzene rings is 2. The van der Waals surface area contributed by atoms with Crippen LogP contribution in [0.5, 0.6) is 5.75 Å². The number of carbonyl (C=O) groups excluding carboxylic acids is 1. The Kier molecular flexibility index (Phi) is 5.20. The predicted octanol–water partition coefficient (Wildman–Crippen LogP) is 4.29. The molecule has 1 atom stereocenters. The number of ether oxygens (including phenoxy) is 1. The summed E-state index contributed by atoms with van der Waals surface area (Å²) >= 11 is 6.07. The molecule has 0 radical (unpaired) electrons. The molecule has 1 aliphatic rings. The van der Waals surface area contributed by atoms with E-state index < -0.39 is 0 Å². The molecule has 2 heterocycles. The first kappa shape index (κ1) is 19.3. The van der Waals surface area contributed by atoms with Crippen LogP contribution in [-0.4, -0.2) is 28.5 Å². The fraction of sp³-hybridized carbons (Fsp3) is 0.227. The van der Waals surface area contributed by atoms with E-state index in [0.29, 0.717) is 39.6 Å². The van der Waals surface area contributed by atoms with Gasteiger partial charge < -0.3 is 10.1 Å². The van der Waals surface area contributed by atoms with Gasteiger partial charge in [0.2, 0.25) is 0 Å². The molecule has 0 bridgehead atoms.